The number of fused-ring (bicyclic) bond motifs is 1. The summed E-state index contributed by atoms with van der Waals surface area (Å²) in [5.74, 6) is 0. The predicted octanol–water partition coefficient (Wildman–Crippen LogP) is 5.76. The van der Waals surface area contributed by atoms with Crippen molar-refractivity contribution in [3.05, 3.63) is 35.5 Å². The molecule has 176 valence electrons. The lowest BCUT2D eigenvalue weighted by atomic mass is 9.79. The molecule has 0 saturated carbocycles. The number of hydrogen-bond acceptors (Lipinski definition) is 6. The summed E-state index contributed by atoms with van der Waals surface area (Å²) in [7, 11) is -7.63. The van der Waals surface area contributed by atoms with Gasteiger partial charge in [-0.2, -0.15) is 8.42 Å². The van der Waals surface area contributed by atoms with Crippen molar-refractivity contribution >= 4 is 23.4 Å². The van der Waals surface area contributed by atoms with Crippen LogP contribution in [0.15, 0.2) is 34.9 Å². The maximum Gasteiger partial charge on any atom is 0.330 e. The Labute approximate surface area is 187 Å². The number of anilines is 1. The van der Waals surface area contributed by atoms with Crippen molar-refractivity contribution in [3.8, 4) is 0 Å². The summed E-state index contributed by atoms with van der Waals surface area (Å²) in [4.78, 5) is 2.09. The molecule has 0 spiro atoms. The van der Waals surface area contributed by atoms with Gasteiger partial charge in [0.1, 0.15) is 0 Å². The van der Waals surface area contributed by atoms with Crippen LogP contribution < -0.4 is 4.90 Å². The average Bonchev–Trinajstić information content (AvgIpc) is 2.95. The molecule has 0 amide bonds. The summed E-state index contributed by atoms with van der Waals surface area (Å²) >= 11 is 0. The summed E-state index contributed by atoms with van der Waals surface area (Å²) in [6, 6.07) is 4.92. The van der Waals surface area contributed by atoms with Gasteiger partial charge in [-0.3, -0.25) is 9.12 Å². The molecule has 0 saturated heterocycles. The van der Waals surface area contributed by atoms with Gasteiger partial charge >= 0.3 is 7.60 Å². The minimum absolute atomic E-state index is 0.143. The summed E-state index contributed by atoms with van der Waals surface area (Å²) in [5, 5.41) is 0. The first kappa shape index (κ1) is 26.1. The van der Waals surface area contributed by atoms with Gasteiger partial charge in [0.25, 0.3) is 10.1 Å². The predicted molar refractivity (Wildman–Crippen MR) is 125 cm³/mol. The van der Waals surface area contributed by atoms with E-state index in [0.29, 0.717) is 6.42 Å². The molecular weight excluding hydrogens is 437 g/mol. The van der Waals surface area contributed by atoms with E-state index in [1.165, 1.54) is 6.07 Å². The number of allylic oxidation sites excluding steroid dienone is 2. The van der Waals surface area contributed by atoms with Gasteiger partial charge in [0.2, 0.25) is 0 Å². The molecule has 1 N–H and O–H groups in total. The van der Waals surface area contributed by atoms with E-state index in [0.717, 1.165) is 29.8 Å². The zero-order valence-electron chi connectivity index (χ0n) is 19.4. The Kier molecular flexibility index (Phi) is 8.56. The summed E-state index contributed by atoms with van der Waals surface area (Å²) in [6.45, 7) is 12.4. The van der Waals surface area contributed by atoms with Gasteiger partial charge < -0.3 is 13.9 Å². The van der Waals surface area contributed by atoms with E-state index in [9.17, 15) is 17.5 Å². The number of hydrogen-bond donors (Lipinski definition) is 1. The third-order valence-corrected chi connectivity index (χ3v) is 8.83. The molecule has 0 aliphatic carbocycles. The topological polar surface area (TPSA) is 93.1 Å². The van der Waals surface area contributed by atoms with Crippen LogP contribution in [0.3, 0.4) is 0 Å². The molecule has 2 unspecified atom stereocenters. The van der Waals surface area contributed by atoms with Crippen molar-refractivity contribution < 1.29 is 26.6 Å². The SMILES string of the molecule is CC=C1N(C(C)CCC)c2ccc(S(=O)(=O)O)cc2C1(C)CCP(=O)(OCC)OCC. The van der Waals surface area contributed by atoms with E-state index in [1.54, 1.807) is 26.0 Å². The minimum atomic E-state index is -4.35. The third kappa shape index (κ3) is 5.42. The molecule has 1 aromatic carbocycles. The van der Waals surface area contributed by atoms with E-state index in [1.807, 2.05) is 19.9 Å². The van der Waals surface area contributed by atoms with E-state index in [4.69, 9.17) is 9.05 Å². The van der Waals surface area contributed by atoms with Crippen molar-refractivity contribution in [2.75, 3.05) is 24.3 Å². The van der Waals surface area contributed by atoms with Crippen LogP contribution in [0.2, 0.25) is 0 Å². The number of benzene rings is 1. The second-order valence-electron chi connectivity index (χ2n) is 8.09. The van der Waals surface area contributed by atoms with Gasteiger partial charge in [-0.1, -0.05) is 19.4 Å². The maximum atomic E-state index is 13.1. The van der Waals surface area contributed by atoms with Gasteiger partial charge in [-0.15, -0.1) is 0 Å². The highest BCUT2D eigenvalue weighted by Crippen LogP contribution is 2.56. The van der Waals surface area contributed by atoms with Crippen molar-refractivity contribution in [2.24, 2.45) is 0 Å². The molecule has 1 heterocycles. The Balaban J connectivity index is 2.61. The smallest absolute Gasteiger partial charge is 0.330 e. The van der Waals surface area contributed by atoms with Crippen LogP contribution in [0.4, 0.5) is 5.69 Å². The Morgan fingerprint density at radius 2 is 1.84 bits per heavy atom. The van der Waals surface area contributed by atoms with Gasteiger partial charge in [0.15, 0.2) is 0 Å². The summed E-state index contributed by atoms with van der Waals surface area (Å²) in [5.41, 5.74) is 2.11. The Morgan fingerprint density at radius 3 is 2.32 bits per heavy atom. The normalized spacial score (nSPS) is 21.5. The van der Waals surface area contributed by atoms with E-state index in [2.05, 4.69) is 18.7 Å². The molecule has 9 heteroatoms. The zero-order chi connectivity index (χ0) is 23.4. The molecular formula is C22H36NO6PS. The van der Waals surface area contributed by atoms with Gasteiger partial charge in [0, 0.05) is 22.8 Å². The first-order chi connectivity index (χ1) is 14.5. The standard InChI is InChI=1S/C22H36NO6PS/c1-7-11-17(5)23-20-13-12-18(31(25,26)27)16-19(20)22(6,21(23)8-2)14-15-30(24,28-9-3)29-10-4/h8,12-13,16-17H,7,9-11,14-15H2,1-6H3,(H,25,26,27). The second kappa shape index (κ2) is 10.2. The zero-order valence-corrected chi connectivity index (χ0v) is 21.1. The van der Waals surface area contributed by atoms with Crippen LogP contribution in [0.5, 0.6) is 0 Å². The van der Waals surface area contributed by atoms with E-state index in [-0.39, 0.29) is 30.3 Å². The highest BCUT2D eigenvalue weighted by Gasteiger charge is 2.46. The fourth-order valence-corrected chi connectivity index (χ4v) is 6.87. The second-order valence-corrected chi connectivity index (χ2v) is 11.7. The molecule has 0 fully saturated rings. The first-order valence-electron chi connectivity index (χ1n) is 10.9. The minimum Gasteiger partial charge on any atom is -0.342 e. The number of nitrogens with zero attached hydrogens (tertiary/aromatic N) is 1. The Bertz CT molecular complexity index is 951. The first-order valence-corrected chi connectivity index (χ1v) is 14.1. The van der Waals surface area contributed by atoms with Crippen LogP contribution in [0.25, 0.3) is 0 Å². The fraction of sp³-hybridized carbons (Fsp3) is 0.636. The highest BCUT2D eigenvalue weighted by atomic mass is 32.2. The lowest BCUT2D eigenvalue weighted by Crippen LogP contribution is -2.35. The van der Waals surface area contributed by atoms with Crippen molar-refractivity contribution in [2.45, 2.75) is 77.2 Å². The van der Waals surface area contributed by atoms with Crippen LogP contribution in [0.1, 0.15) is 66.4 Å². The molecule has 1 aliphatic rings. The van der Waals surface area contributed by atoms with E-state index >= 15 is 0 Å². The van der Waals surface area contributed by atoms with Crippen LogP contribution in [-0.2, 0) is 29.1 Å². The monoisotopic (exact) mass is 473 g/mol. The summed E-state index contributed by atoms with van der Waals surface area (Å²) in [6.07, 6.45) is 4.65. The lowest BCUT2D eigenvalue weighted by molar-refractivity contribution is 0.218. The summed E-state index contributed by atoms with van der Waals surface area (Å²) < 4.78 is 57.4. The van der Waals surface area contributed by atoms with Crippen molar-refractivity contribution in [3.63, 3.8) is 0 Å². The number of rotatable bonds is 11. The van der Waals surface area contributed by atoms with Crippen LogP contribution in [-0.4, -0.2) is 38.4 Å². The molecule has 0 bridgehead atoms. The highest BCUT2D eigenvalue weighted by molar-refractivity contribution is 7.85. The van der Waals surface area contributed by atoms with Crippen LogP contribution >= 0.6 is 7.60 Å². The molecule has 31 heavy (non-hydrogen) atoms. The molecule has 2 rings (SSSR count). The largest absolute Gasteiger partial charge is 0.342 e. The average molecular weight is 474 g/mol. The molecule has 0 radical (unpaired) electrons. The molecule has 0 aromatic heterocycles. The van der Waals surface area contributed by atoms with E-state index < -0.39 is 23.1 Å². The van der Waals surface area contributed by atoms with Gasteiger partial charge in [-0.25, -0.2) is 0 Å². The molecule has 2 atom stereocenters. The quantitative estimate of drug-likeness (QED) is 0.323. The molecule has 7 nitrogen and oxygen atoms in total. The lowest BCUT2D eigenvalue weighted by Gasteiger charge is -2.34. The van der Waals surface area contributed by atoms with Crippen molar-refractivity contribution in [1.82, 2.24) is 0 Å². The Morgan fingerprint density at radius 1 is 1.23 bits per heavy atom. The fourth-order valence-electron chi connectivity index (χ4n) is 4.52. The maximum absolute atomic E-state index is 13.1. The Hall–Kier alpha value is -1.18. The van der Waals surface area contributed by atoms with Crippen molar-refractivity contribution in [1.29, 1.82) is 0 Å². The van der Waals surface area contributed by atoms with Gasteiger partial charge in [0.05, 0.1) is 24.3 Å². The molecule has 1 aromatic rings. The third-order valence-electron chi connectivity index (χ3n) is 5.90. The molecule has 1 aliphatic heterocycles. The van der Waals surface area contributed by atoms with Crippen LogP contribution in [0, 0.1) is 0 Å². The van der Waals surface area contributed by atoms with Gasteiger partial charge in [-0.05, 0) is 71.2 Å².